The maximum Gasteiger partial charge on any atom is 0.293 e. The average molecular weight is 852 g/mol. The fraction of sp³-hybridized carbons (Fsp3) is 0.375. The van der Waals surface area contributed by atoms with E-state index in [9.17, 15) is 14.4 Å². The molecule has 2 aliphatic heterocycles. The molecule has 2 saturated heterocycles. The second-order valence-corrected chi connectivity index (χ2v) is 17.8. The Morgan fingerprint density at radius 1 is 0.937 bits per heavy atom. The van der Waals surface area contributed by atoms with Crippen molar-refractivity contribution in [3.8, 4) is 22.4 Å². The zero-order chi connectivity index (χ0) is 44.4. The molecule has 9 rings (SSSR count). The Morgan fingerprint density at radius 2 is 1.62 bits per heavy atom. The summed E-state index contributed by atoms with van der Waals surface area (Å²) in [7, 11) is 0. The number of piperidine rings is 1. The van der Waals surface area contributed by atoms with Crippen molar-refractivity contribution in [2.45, 2.75) is 89.6 Å². The van der Waals surface area contributed by atoms with Crippen LogP contribution in [0.15, 0.2) is 83.5 Å². The summed E-state index contributed by atoms with van der Waals surface area (Å²) < 4.78 is 5.31. The Balaban J connectivity index is 0.00000177. The van der Waals surface area contributed by atoms with Crippen LogP contribution in [0.3, 0.4) is 0 Å². The third kappa shape index (κ3) is 9.24. The van der Waals surface area contributed by atoms with Gasteiger partial charge in [0.25, 0.3) is 18.2 Å². The minimum atomic E-state index is -0.383. The van der Waals surface area contributed by atoms with Crippen molar-refractivity contribution in [1.82, 2.24) is 40.9 Å². The first-order valence-electron chi connectivity index (χ1n) is 21.5. The van der Waals surface area contributed by atoms with Crippen LogP contribution >= 0.6 is 0 Å². The fourth-order valence-corrected chi connectivity index (χ4v) is 8.93. The number of imide groups is 1. The summed E-state index contributed by atoms with van der Waals surface area (Å²) in [4.78, 5) is 59.3. The lowest BCUT2D eigenvalue weighted by Crippen LogP contribution is -2.53. The van der Waals surface area contributed by atoms with Crippen molar-refractivity contribution in [3.05, 3.63) is 113 Å². The molecule has 0 spiro atoms. The molecular weight excluding hydrogens is 799 g/mol. The predicted molar refractivity (Wildman–Crippen MR) is 238 cm³/mol. The number of H-pyrrole nitrogens is 1. The first-order valence-corrected chi connectivity index (χ1v) is 21.5. The first-order chi connectivity index (χ1) is 30.3. The Bertz CT molecular complexity index is 2620. The van der Waals surface area contributed by atoms with E-state index in [0.717, 1.165) is 89.1 Å². The van der Waals surface area contributed by atoms with Gasteiger partial charge in [0.2, 0.25) is 17.7 Å². The van der Waals surface area contributed by atoms with Gasteiger partial charge < -0.3 is 19.8 Å². The third-order valence-electron chi connectivity index (χ3n) is 12.6. The maximum atomic E-state index is 12.9. The summed E-state index contributed by atoms with van der Waals surface area (Å²) in [5.74, 6) is 0.0240. The highest BCUT2D eigenvalue weighted by Gasteiger charge is 2.36. The molecule has 1 unspecified atom stereocenters. The van der Waals surface area contributed by atoms with Crippen molar-refractivity contribution in [2.75, 3.05) is 31.1 Å². The number of nitrogens with zero attached hydrogens (tertiary/aromatic N) is 6. The largest absolute Gasteiger partial charge is 0.483 e. The highest BCUT2D eigenvalue weighted by atomic mass is 16.5. The van der Waals surface area contributed by atoms with Crippen molar-refractivity contribution < 1.29 is 28.8 Å². The molecule has 2 atom stereocenters. The van der Waals surface area contributed by atoms with Gasteiger partial charge in [-0.2, -0.15) is 10.1 Å². The molecule has 63 heavy (non-hydrogen) atoms. The molecule has 0 bridgehead atoms. The van der Waals surface area contributed by atoms with Crippen LogP contribution in [0.4, 0.5) is 5.69 Å². The third-order valence-corrected chi connectivity index (χ3v) is 12.6. The molecule has 3 aromatic carbocycles. The number of carboxylic acid groups (broad SMARTS) is 1. The average Bonchev–Trinajstić information content (AvgIpc) is 3.93. The molecule has 3 aromatic heterocycles. The minimum absolute atomic E-state index is 0.0231. The van der Waals surface area contributed by atoms with E-state index >= 15 is 0 Å². The number of amides is 3. The van der Waals surface area contributed by atoms with Crippen LogP contribution in [0, 0.1) is 6.92 Å². The number of pyridine rings is 1. The van der Waals surface area contributed by atoms with E-state index < -0.39 is 0 Å². The van der Waals surface area contributed by atoms with Gasteiger partial charge in [-0.25, -0.2) is 4.98 Å². The topological polar surface area (TPSA) is 200 Å². The molecule has 3 fully saturated rings. The Hall–Kier alpha value is -6.74. The standard InChI is InChI=1S/C47H51N9O4.CH2O2/c1-27-22-32(12-15-37(27)28(2)49-45(59)43-51-46(60-54-43)47(3,4)5)41-39-25-34(26-48-42(39)53-52-41)30-10-13-35(14-11-30)55-18-20-56(21-19-55)36-23-33(24-36)29-6-8-31(9-7-29)38-16-17-40(57)50-44(38)58;2-1-3/h6-15,22,25-26,28,33,36,38H,16-21,23-24H2,1-5H3,(H,49,59)(H,48,52,53)(H,50,57,58);1H,(H,2,3)/t28-,33?,36?,38?;/m1./s1. The number of aryl methyl sites for hydroxylation is 1. The molecule has 6 aromatic rings. The van der Waals surface area contributed by atoms with Crippen LogP contribution in [0.25, 0.3) is 33.4 Å². The second-order valence-electron chi connectivity index (χ2n) is 17.8. The van der Waals surface area contributed by atoms with E-state index in [1.54, 1.807) is 0 Å². The maximum absolute atomic E-state index is 12.9. The Labute approximate surface area is 365 Å². The zero-order valence-corrected chi connectivity index (χ0v) is 36.2. The van der Waals surface area contributed by atoms with Gasteiger partial charge in [0, 0.05) is 72.5 Å². The summed E-state index contributed by atoms with van der Waals surface area (Å²) in [5, 5.41) is 25.0. The van der Waals surface area contributed by atoms with Crippen LogP contribution in [0.2, 0.25) is 0 Å². The number of carbonyl (C=O) groups is 4. The number of benzene rings is 3. The van der Waals surface area contributed by atoms with E-state index in [0.29, 0.717) is 30.7 Å². The number of aromatic nitrogens is 5. The SMILES string of the molecule is Cc1cc(-c2n[nH]c3ncc(-c4ccc(N5CCN(C6CC(c7ccc(C8CCC(=O)NC8=O)cc7)C6)CC5)cc4)cc23)ccc1[C@@H](C)NC(=O)c1noc(C(C)(C)C)n1.O=CO. The molecule has 5 heterocycles. The highest BCUT2D eigenvalue weighted by molar-refractivity contribution is 6.01. The van der Waals surface area contributed by atoms with Crippen molar-refractivity contribution >= 4 is 40.9 Å². The van der Waals surface area contributed by atoms with Gasteiger partial charge in [-0.1, -0.05) is 74.5 Å². The lowest BCUT2D eigenvalue weighted by atomic mass is 9.74. The Morgan fingerprint density at radius 3 is 2.27 bits per heavy atom. The summed E-state index contributed by atoms with van der Waals surface area (Å²) in [5.41, 5.74) is 9.85. The summed E-state index contributed by atoms with van der Waals surface area (Å²) in [6, 6.07) is 25.9. The van der Waals surface area contributed by atoms with E-state index in [2.05, 4.69) is 101 Å². The number of anilines is 1. The number of fused-ring (bicyclic) bond motifs is 1. The number of hydrogen-bond donors (Lipinski definition) is 4. The number of piperazine rings is 1. The predicted octanol–water partition coefficient (Wildman–Crippen LogP) is 7.06. The molecule has 15 heteroatoms. The van der Waals surface area contributed by atoms with Gasteiger partial charge in [0.1, 0.15) is 5.69 Å². The van der Waals surface area contributed by atoms with Gasteiger partial charge in [-0.15, -0.1) is 0 Å². The number of aromatic amines is 1. The lowest BCUT2D eigenvalue weighted by Gasteiger charge is -2.47. The van der Waals surface area contributed by atoms with E-state index in [4.69, 9.17) is 19.4 Å². The number of carbonyl (C=O) groups excluding carboxylic acids is 3. The van der Waals surface area contributed by atoms with Gasteiger partial charge >= 0.3 is 0 Å². The number of rotatable bonds is 9. The second kappa shape index (κ2) is 17.9. The first kappa shape index (κ1) is 42.9. The van der Waals surface area contributed by atoms with Gasteiger partial charge in [-0.3, -0.25) is 34.5 Å². The van der Waals surface area contributed by atoms with Crippen molar-refractivity contribution in [2.24, 2.45) is 0 Å². The van der Waals surface area contributed by atoms with Crippen LogP contribution in [-0.2, 0) is 19.8 Å². The van der Waals surface area contributed by atoms with Crippen LogP contribution in [0.5, 0.6) is 0 Å². The van der Waals surface area contributed by atoms with Gasteiger partial charge in [0.15, 0.2) is 5.65 Å². The van der Waals surface area contributed by atoms with Gasteiger partial charge in [0.05, 0.1) is 12.0 Å². The molecule has 3 amide bonds. The molecular formula is C48H53N9O6. The van der Waals surface area contributed by atoms with Crippen molar-refractivity contribution in [1.29, 1.82) is 0 Å². The molecule has 0 radical (unpaired) electrons. The molecule has 326 valence electrons. The van der Waals surface area contributed by atoms with E-state index in [1.165, 1.54) is 11.3 Å². The van der Waals surface area contributed by atoms with Crippen LogP contribution in [-0.4, -0.2) is 91.7 Å². The summed E-state index contributed by atoms with van der Waals surface area (Å²) >= 11 is 0. The molecule has 1 saturated carbocycles. The molecule has 15 nitrogen and oxygen atoms in total. The number of nitrogens with one attached hydrogen (secondary N) is 3. The summed E-state index contributed by atoms with van der Waals surface area (Å²) in [6.07, 6.45) is 5.20. The normalized spacial score (nSPS) is 19.7. The summed E-state index contributed by atoms with van der Waals surface area (Å²) in [6.45, 7) is 13.7. The number of hydrogen-bond acceptors (Lipinski definition) is 11. The van der Waals surface area contributed by atoms with Crippen LogP contribution in [0.1, 0.15) is 110 Å². The zero-order valence-electron chi connectivity index (χ0n) is 36.2. The highest BCUT2D eigenvalue weighted by Crippen LogP contribution is 2.41. The monoisotopic (exact) mass is 851 g/mol. The molecule has 1 aliphatic carbocycles. The lowest BCUT2D eigenvalue weighted by molar-refractivity contribution is -0.134. The molecule has 4 N–H and O–H groups in total. The minimum Gasteiger partial charge on any atom is -0.483 e. The molecule has 3 aliphatic rings. The quantitative estimate of drug-likeness (QED) is 0.0854. The van der Waals surface area contributed by atoms with Gasteiger partial charge in [-0.05, 0) is 91.1 Å². The van der Waals surface area contributed by atoms with E-state index in [1.807, 2.05) is 52.9 Å². The smallest absolute Gasteiger partial charge is 0.293 e. The van der Waals surface area contributed by atoms with Crippen molar-refractivity contribution in [3.63, 3.8) is 0 Å². The Kier molecular flexibility index (Phi) is 12.2. The van der Waals surface area contributed by atoms with E-state index in [-0.39, 0.29) is 47.4 Å². The van der Waals surface area contributed by atoms with Crippen LogP contribution < -0.4 is 15.5 Å². The fourth-order valence-electron chi connectivity index (χ4n) is 8.93.